The van der Waals surface area contributed by atoms with Gasteiger partial charge >= 0.3 is 0 Å². The predicted octanol–water partition coefficient (Wildman–Crippen LogP) is -0.306. The minimum atomic E-state index is -0.540. The van der Waals surface area contributed by atoms with Gasteiger partial charge in [-0.15, -0.1) is 0 Å². The van der Waals surface area contributed by atoms with Crippen LogP contribution in [-0.2, 0) is 0 Å². The van der Waals surface area contributed by atoms with Crippen LogP contribution in [0, 0.1) is 0 Å². The number of nitrogens with one attached hydrogen (secondary N) is 1. The van der Waals surface area contributed by atoms with E-state index in [-0.39, 0.29) is 5.69 Å². The van der Waals surface area contributed by atoms with Crippen LogP contribution in [-0.4, -0.2) is 25.9 Å². The van der Waals surface area contributed by atoms with Crippen LogP contribution in [0.5, 0.6) is 0 Å². The summed E-state index contributed by atoms with van der Waals surface area (Å²) in [5.41, 5.74) is 6.04. The van der Waals surface area contributed by atoms with E-state index < -0.39 is 5.91 Å². The molecule has 1 amide bonds. The Balaban J connectivity index is 2.39. The highest BCUT2D eigenvalue weighted by Crippen LogP contribution is 2.03. The molecule has 6 heteroatoms. The Labute approximate surface area is 73.4 Å². The highest BCUT2D eigenvalue weighted by atomic mass is 16.1. The van der Waals surface area contributed by atoms with Crippen molar-refractivity contribution in [3.8, 4) is 5.69 Å². The summed E-state index contributed by atoms with van der Waals surface area (Å²) >= 11 is 0. The third kappa shape index (κ3) is 1.28. The molecule has 0 fully saturated rings. The number of carbonyl (C=O) groups excluding carboxylic acids is 1. The van der Waals surface area contributed by atoms with Gasteiger partial charge in [0.1, 0.15) is 11.4 Å². The van der Waals surface area contributed by atoms with Gasteiger partial charge in [-0.05, 0) is 6.07 Å². The number of hydrogen-bond acceptors (Lipinski definition) is 3. The number of aromatic nitrogens is 4. The molecule has 0 bridgehead atoms. The number of primary amides is 1. The van der Waals surface area contributed by atoms with Crippen LogP contribution in [0.2, 0.25) is 0 Å². The molecule has 0 saturated carbocycles. The number of nitrogens with two attached hydrogens (primary N) is 1. The van der Waals surface area contributed by atoms with Gasteiger partial charge in [-0.3, -0.25) is 9.89 Å². The number of aromatic amines is 1. The van der Waals surface area contributed by atoms with E-state index in [0.29, 0.717) is 0 Å². The molecule has 66 valence electrons. The summed E-state index contributed by atoms with van der Waals surface area (Å²) in [4.78, 5) is 10.7. The first-order chi connectivity index (χ1) is 6.27. The molecule has 2 aromatic rings. The molecule has 2 rings (SSSR count). The van der Waals surface area contributed by atoms with Crippen molar-refractivity contribution in [3.63, 3.8) is 0 Å². The normalized spacial score (nSPS) is 10.2. The van der Waals surface area contributed by atoms with Gasteiger partial charge in [-0.1, -0.05) is 0 Å². The van der Waals surface area contributed by atoms with Gasteiger partial charge in [0.2, 0.25) is 0 Å². The first kappa shape index (κ1) is 7.53. The van der Waals surface area contributed by atoms with Crippen molar-refractivity contribution >= 4 is 5.91 Å². The van der Waals surface area contributed by atoms with Crippen molar-refractivity contribution in [2.75, 3.05) is 0 Å². The molecule has 0 atom stereocenters. The van der Waals surface area contributed by atoms with E-state index in [9.17, 15) is 4.79 Å². The second-order valence-corrected chi connectivity index (χ2v) is 2.47. The largest absolute Gasteiger partial charge is 0.364 e. The van der Waals surface area contributed by atoms with Crippen molar-refractivity contribution in [3.05, 3.63) is 30.4 Å². The molecule has 2 heterocycles. The second-order valence-electron chi connectivity index (χ2n) is 2.47. The van der Waals surface area contributed by atoms with E-state index in [1.54, 1.807) is 24.7 Å². The summed E-state index contributed by atoms with van der Waals surface area (Å²) in [5, 5.41) is 10.3. The summed E-state index contributed by atoms with van der Waals surface area (Å²) in [6, 6.07) is 1.55. The van der Waals surface area contributed by atoms with Gasteiger partial charge in [0.05, 0.1) is 6.20 Å². The van der Waals surface area contributed by atoms with Crippen molar-refractivity contribution in [2.24, 2.45) is 5.73 Å². The molecule has 0 radical (unpaired) electrons. The Hall–Kier alpha value is -2.11. The Kier molecular flexibility index (Phi) is 1.59. The van der Waals surface area contributed by atoms with E-state index in [0.717, 1.165) is 5.69 Å². The van der Waals surface area contributed by atoms with Gasteiger partial charge in [0.25, 0.3) is 5.91 Å². The highest BCUT2D eigenvalue weighted by molar-refractivity contribution is 5.90. The number of nitrogens with zero attached hydrogens (tertiary/aromatic N) is 3. The molecule has 0 aliphatic carbocycles. The third-order valence-electron chi connectivity index (χ3n) is 1.59. The van der Waals surface area contributed by atoms with E-state index in [1.165, 1.54) is 4.68 Å². The second kappa shape index (κ2) is 2.74. The first-order valence-electron chi connectivity index (χ1n) is 3.62. The quantitative estimate of drug-likeness (QED) is 0.659. The van der Waals surface area contributed by atoms with Crippen molar-refractivity contribution < 1.29 is 4.79 Å². The Morgan fingerprint density at radius 1 is 1.62 bits per heavy atom. The maximum atomic E-state index is 10.7. The Bertz CT molecular complexity index is 416. The van der Waals surface area contributed by atoms with Gasteiger partial charge in [0, 0.05) is 12.4 Å². The Morgan fingerprint density at radius 3 is 3.00 bits per heavy atom. The summed E-state index contributed by atoms with van der Waals surface area (Å²) in [6.07, 6.45) is 4.90. The zero-order valence-corrected chi connectivity index (χ0v) is 6.64. The van der Waals surface area contributed by atoms with E-state index in [1.807, 2.05) is 0 Å². The van der Waals surface area contributed by atoms with Crippen LogP contribution in [0.4, 0.5) is 0 Å². The van der Waals surface area contributed by atoms with Gasteiger partial charge in [-0.2, -0.15) is 10.2 Å². The fraction of sp³-hybridized carbons (Fsp3) is 0. The van der Waals surface area contributed by atoms with Crippen LogP contribution in [0.3, 0.4) is 0 Å². The minimum absolute atomic E-state index is 0.237. The number of hydrogen-bond donors (Lipinski definition) is 2. The molecule has 2 aromatic heterocycles. The molecule has 3 N–H and O–H groups in total. The molecule has 0 aromatic carbocycles. The monoisotopic (exact) mass is 177 g/mol. The number of amides is 1. The lowest BCUT2D eigenvalue weighted by Crippen LogP contribution is -2.12. The molecule has 0 unspecified atom stereocenters. The fourth-order valence-electron chi connectivity index (χ4n) is 0.969. The molecule has 0 saturated heterocycles. The zero-order valence-electron chi connectivity index (χ0n) is 6.64. The zero-order chi connectivity index (χ0) is 9.26. The van der Waals surface area contributed by atoms with E-state index >= 15 is 0 Å². The molecule has 0 aliphatic rings. The molecule has 13 heavy (non-hydrogen) atoms. The SMILES string of the molecule is NC(=O)c1ccn(-c2cn[nH]c2)n1. The topological polar surface area (TPSA) is 89.6 Å². The molecule has 0 spiro atoms. The summed E-state index contributed by atoms with van der Waals surface area (Å²) < 4.78 is 1.52. The van der Waals surface area contributed by atoms with Crippen molar-refractivity contribution in [2.45, 2.75) is 0 Å². The lowest BCUT2D eigenvalue weighted by molar-refractivity contribution is 0.0995. The molecular weight excluding hydrogens is 170 g/mol. The van der Waals surface area contributed by atoms with E-state index in [4.69, 9.17) is 5.73 Å². The van der Waals surface area contributed by atoms with Gasteiger partial charge in [-0.25, -0.2) is 4.68 Å². The maximum absolute atomic E-state index is 10.7. The molecule has 6 nitrogen and oxygen atoms in total. The standard InChI is InChI=1S/C7H7N5O/c8-7(13)6-1-2-12(11-6)5-3-9-10-4-5/h1-4H,(H2,8,13)(H,9,10). The number of rotatable bonds is 2. The minimum Gasteiger partial charge on any atom is -0.364 e. The lowest BCUT2D eigenvalue weighted by Gasteiger charge is -1.92. The first-order valence-corrected chi connectivity index (χ1v) is 3.62. The fourth-order valence-corrected chi connectivity index (χ4v) is 0.969. The van der Waals surface area contributed by atoms with Crippen LogP contribution in [0.1, 0.15) is 10.5 Å². The molecular formula is C7H7N5O. The van der Waals surface area contributed by atoms with Crippen molar-refractivity contribution in [1.29, 1.82) is 0 Å². The van der Waals surface area contributed by atoms with Crippen LogP contribution in [0.25, 0.3) is 5.69 Å². The van der Waals surface area contributed by atoms with Crippen LogP contribution in [0.15, 0.2) is 24.7 Å². The van der Waals surface area contributed by atoms with E-state index in [2.05, 4.69) is 15.3 Å². The van der Waals surface area contributed by atoms with Crippen LogP contribution >= 0.6 is 0 Å². The maximum Gasteiger partial charge on any atom is 0.269 e. The average molecular weight is 177 g/mol. The van der Waals surface area contributed by atoms with Gasteiger partial charge < -0.3 is 5.73 Å². The third-order valence-corrected chi connectivity index (χ3v) is 1.59. The number of carbonyl (C=O) groups is 1. The highest BCUT2D eigenvalue weighted by Gasteiger charge is 2.05. The predicted molar refractivity (Wildman–Crippen MR) is 44.2 cm³/mol. The molecule has 0 aliphatic heterocycles. The summed E-state index contributed by atoms with van der Waals surface area (Å²) in [7, 11) is 0. The lowest BCUT2D eigenvalue weighted by atomic mass is 10.4. The summed E-state index contributed by atoms with van der Waals surface area (Å²) in [5.74, 6) is -0.540. The Morgan fingerprint density at radius 2 is 2.46 bits per heavy atom. The number of H-pyrrole nitrogens is 1. The smallest absolute Gasteiger partial charge is 0.269 e. The van der Waals surface area contributed by atoms with Gasteiger partial charge in [0.15, 0.2) is 0 Å². The summed E-state index contributed by atoms with van der Waals surface area (Å²) in [6.45, 7) is 0. The average Bonchev–Trinajstić information content (AvgIpc) is 2.75. The van der Waals surface area contributed by atoms with Crippen LogP contribution < -0.4 is 5.73 Å². The van der Waals surface area contributed by atoms with Crippen molar-refractivity contribution in [1.82, 2.24) is 20.0 Å².